The summed E-state index contributed by atoms with van der Waals surface area (Å²) in [7, 11) is 1.97. The lowest BCUT2D eigenvalue weighted by Gasteiger charge is -2.32. The molecule has 0 bridgehead atoms. The number of carbonyl (C=O) groups is 1. The summed E-state index contributed by atoms with van der Waals surface area (Å²) >= 11 is 0. The van der Waals surface area contributed by atoms with Crippen LogP contribution in [0.15, 0.2) is 24.3 Å². The number of hydrogen-bond acceptors (Lipinski definition) is 3. The summed E-state index contributed by atoms with van der Waals surface area (Å²) in [5, 5.41) is 3.22. The molecule has 1 aromatic carbocycles. The van der Waals surface area contributed by atoms with Crippen molar-refractivity contribution in [3.05, 3.63) is 29.8 Å². The highest BCUT2D eigenvalue weighted by molar-refractivity contribution is 5.94. The van der Waals surface area contributed by atoms with Gasteiger partial charge in [-0.25, -0.2) is 0 Å². The molecule has 1 N–H and O–H groups in total. The fourth-order valence-corrected chi connectivity index (χ4v) is 3.08. The molecule has 22 heavy (non-hydrogen) atoms. The van der Waals surface area contributed by atoms with Crippen molar-refractivity contribution < 1.29 is 9.53 Å². The zero-order valence-corrected chi connectivity index (χ0v) is 13.4. The van der Waals surface area contributed by atoms with Crippen molar-refractivity contribution in [2.75, 3.05) is 33.3 Å². The molecule has 1 saturated heterocycles. The Morgan fingerprint density at radius 1 is 1.23 bits per heavy atom. The predicted molar refractivity (Wildman–Crippen MR) is 87.2 cm³/mol. The van der Waals surface area contributed by atoms with E-state index < -0.39 is 0 Å². The Hall–Kier alpha value is -1.55. The van der Waals surface area contributed by atoms with E-state index in [4.69, 9.17) is 4.74 Å². The van der Waals surface area contributed by atoms with E-state index in [2.05, 4.69) is 5.32 Å². The molecule has 2 aliphatic rings. The van der Waals surface area contributed by atoms with Crippen molar-refractivity contribution >= 4 is 5.91 Å². The van der Waals surface area contributed by atoms with Crippen molar-refractivity contribution in [2.24, 2.45) is 11.8 Å². The molecule has 1 unspecified atom stereocenters. The quantitative estimate of drug-likeness (QED) is 0.878. The van der Waals surface area contributed by atoms with Gasteiger partial charge in [-0.05, 0) is 75.4 Å². The summed E-state index contributed by atoms with van der Waals surface area (Å²) in [5.74, 6) is 2.34. The normalized spacial score (nSPS) is 21.7. The second-order valence-corrected chi connectivity index (χ2v) is 6.60. The van der Waals surface area contributed by atoms with Gasteiger partial charge in [-0.2, -0.15) is 0 Å². The molecule has 0 aromatic heterocycles. The number of likely N-dealkylation sites (tertiary alicyclic amines) is 1. The number of benzene rings is 1. The van der Waals surface area contributed by atoms with E-state index >= 15 is 0 Å². The standard InChI is InChI=1S/C18H26N2O2/c1-19-11-15-3-2-10-20(12-15)18(21)16-6-8-17(9-7-16)22-13-14-4-5-14/h6-9,14-15,19H,2-5,10-13H2,1H3. The van der Waals surface area contributed by atoms with Gasteiger partial charge in [0.05, 0.1) is 6.61 Å². The third kappa shape index (κ3) is 4.01. The monoisotopic (exact) mass is 302 g/mol. The number of piperidine rings is 1. The van der Waals surface area contributed by atoms with E-state index in [9.17, 15) is 4.79 Å². The Labute approximate surface area is 132 Å². The molecule has 1 amide bonds. The van der Waals surface area contributed by atoms with Gasteiger partial charge in [0.1, 0.15) is 5.75 Å². The lowest BCUT2D eigenvalue weighted by Crippen LogP contribution is -2.42. The fraction of sp³-hybridized carbons (Fsp3) is 0.611. The SMILES string of the molecule is CNCC1CCCN(C(=O)c2ccc(OCC3CC3)cc2)C1. The van der Waals surface area contributed by atoms with E-state index in [1.54, 1.807) is 0 Å². The average molecular weight is 302 g/mol. The van der Waals surface area contributed by atoms with E-state index in [0.29, 0.717) is 5.92 Å². The van der Waals surface area contributed by atoms with Gasteiger partial charge in [0.15, 0.2) is 0 Å². The third-order valence-electron chi connectivity index (χ3n) is 4.58. The summed E-state index contributed by atoms with van der Waals surface area (Å²) in [5.41, 5.74) is 0.767. The first-order chi connectivity index (χ1) is 10.8. The summed E-state index contributed by atoms with van der Waals surface area (Å²) in [6.07, 6.45) is 4.89. The van der Waals surface area contributed by atoms with Crippen LogP contribution in [0.4, 0.5) is 0 Å². The van der Waals surface area contributed by atoms with Gasteiger partial charge >= 0.3 is 0 Å². The Morgan fingerprint density at radius 3 is 2.68 bits per heavy atom. The van der Waals surface area contributed by atoms with E-state index in [-0.39, 0.29) is 5.91 Å². The minimum Gasteiger partial charge on any atom is -0.493 e. The third-order valence-corrected chi connectivity index (χ3v) is 4.58. The van der Waals surface area contributed by atoms with E-state index in [1.165, 1.54) is 19.3 Å². The highest BCUT2D eigenvalue weighted by atomic mass is 16.5. The maximum absolute atomic E-state index is 12.6. The number of ether oxygens (including phenoxy) is 1. The Morgan fingerprint density at radius 2 is 2.00 bits per heavy atom. The summed E-state index contributed by atoms with van der Waals surface area (Å²) in [6.45, 7) is 3.53. The molecule has 1 aromatic rings. The molecule has 4 nitrogen and oxygen atoms in total. The van der Waals surface area contributed by atoms with Crippen LogP contribution >= 0.6 is 0 Å². The molecule has 1 aliphatic heterocycles. The van der Waals surface area contributed by atoms with Crippen LogP contribution in [-0.2, 0) is 0 Å². The topological polar surface area (TPSA) is 41.6 Å². The minimum atomic E-state index is 0.148. The lowest BCUT2D eigenvalue weighted by molar-refractivity contribution is 0.0674. The Kier molecular flexibility index (Phi) is 4.98. The second kappa shape index (κ2) is 7.14. The average Bonchev–Trinajstić information content (AvgIpc) is 3.38. The predicted octanol–water partition coefficient (Wildman–Crippen LogP) is 2.55. The first kappa shape index (κ1) is 15.3. The van der Waals surface area contributed by atoms with Crippen LogP contribution < -0.4 is 10.1 Å². The number of hydrogen-bond donors (Lipinski definition) is 1. The van der Waals surface area contributed by atoms with Crippen LogP contribution in [0, 0.1) is 11.8 Å². The highest BCUT2D eigenvalue weighted by Crippen LogP contribution is 2.29. The molecule has 0 spiro atoms. The first-order valence-corrected chi connectivity index (χ1v) is 8.43. The summed E-state index contributed by atoms with van der Waals surface area (Å²) in [6, 6.07) is 7.63. The number of nitrogens with one attached hydrogen (secondary N) is 1. The summed E-state index contributed by atoms with van der Waals surface area (Å²) in [4.78, 5) is 14.6. The molecular weight excluding hydrogens is 276 g/mol. The first-order valence-electron chi connectivity index (χ1n) is 8.43. The van der Waals surface area contributed by atoms with Gasteiger partial charge in [0.25, 0.3) is 5.91 Å². The van der Waals surface area contributed by atoms with Gasteiger partial charge < -0.3 is 15.0 Å². The van der Waals surface area contributed by atoms with Crippen molar-refractivity contribution in [3.63, 3.8) is 0 Å². The highest BCUT2D eigenvalue weighted by Gasteiger charge is 2.24. The number of rotatable bonds is 6. The number of amides is 1. The molecule has 4 heteroatoms. The van der Waals surface area contributed by atoms with Crippen LogP contribution in [-0.4, -0.2) is 44.1 Å². The molecule has 1 heterocycles. The number of nitrogens with zero attached hydrogens (tertiary/aromatic N) is 1. The maximum Gasteiger partial charge on any atom is 0.253 e. The van der Waals surface area contributed by atoms with Gasteiger partial charge in [0.2, 0.25) is 0 Å². The van der Waals surface area contributed by atoms with Crippen LogP contribution in [0.1, 0.15) is 36.0 Å². The molecule has 1 aliphatic carbocycles. The van der Waals surface area contributed by atoms with Gasteiger partial charge in [-0.1, -0.05) is 0 Å². The van der Waals surface area contributed by atoms with Crippen molar-refractivity contribution in [3.8, 4) is 5.75 Å². The van der Waals surface area contributed by atoms with Gasteiger partial charge in [-0.15, -0.1) is 0 Å². The molecule has 1 saturated carbocycles. The van der Waals surface area contributed by atoms with Crippen molar-refractivity contribution in [1.82, 2.24) is 10.2 Å². The van der Waals surface area contributed by atoms with Crippen LogP contribution in [0.2, 0.25) is 0 Å². The van der Waals surface area contributed by atoms with Crippen LogP contribution in [0.5, 0.6) is 5.75 Å². The Balaban J connectivity index is 1.56. The lowest BCUT2D eigenvalue weighted by atomic mass is 9.97. The molecule has 120 valence electrons. The van der Waals surface area contributed by atoms with Crippen molar-refractivity contribution in [2.45, 2.75) is 25.7 Å². The molecule has 3 rings (SSSR count). The van der Waals surface area contributed by atoms with Crippen LogP contribution in [0.3, 0.4) is 0 Å². The number of carbonyl (C=O) groups excluding carboxylic acids is 1. The van der Waals surface area contributed by atoms with Crippen molar-refractivity contribution in [1.29, 1.82) is 0 Å². The molecule has 1 atom stereocenters. The fourth-order valence-electron chi connectivity index (χ4n) is 3.08. The largest absolute Gasteiger partial charge is 0.493 e. The van der Waals surface area contributed by atoms with Gasteiger partial charge in [-0.3, -0.25) is 4.79 Å². The molecule has 0 radical (unpaired) electrons. The van der Waals surface area contributed by atoms with Gasteiger partial charge in [0, 0.05) is 18.7 Å². The molecule has 2 fully saturated rings. The molecular formula is C18H26N2O2. The maximum atomic E-state index is 12.6. The van der Waals surface area contributed by atoms with E-state index in [0.717, 1.165) is 49.9 Å². The zero-order valence-electron chi connectivity index (χ0n) is 13.4. The second-order valence-electron chi connectivity index (χ2n) is 6.60. The summed E-state index contributed by atoms with van der Waals surface area (Å²) < 4.78 is 5.73. The Bertz CT molecular complexity index is 494. The van der Waals surface area contributed by atoms with E-state index in [1.807, 2.05) is 36.2 Å². The smallest absolute Gasteiger partial charge is 0.253 e. The van der Waals surface area contributed by atoms with Crippen LogP contribution in [0.25, 0.3) is 0 Å². The minimum absolute atomic E-state index is 0.148. The zero-order chi connectivity index (χ0) is 15.4.